The van der Waals surface area contributed by atoms with Gasteiger partial charge in [0.2, 0.25) is 0 Å². The van der Waals surface area contributed by atoms with E-state index in [4.69, 9.17) is 21.7 Å². The molecule has 8 heteroatoms. The minimum absolute atomic E-state index is 0.168. The van der Waals surface area contributed by atoms with Crippen LogP contribution in [0, 0.1) is 0 Å². The zero-order chi connectivity index (χ0) is 20.1. The number of pyridine rings is 1. The lowest BCUT2D eigenvalue weighted by Gasteiger charge is -2.36. The molecule has 1 N–H and O–H groups in total. The third-order valence-corrected chi connectivity index (χ3v) is 5.55. The normalized spacial score (nSPS) is 19.7. The van der Waals surface area contributed by atoms with Gasteiger partial charge in [-0.05, 0) is 49.3 Å². The van der Waals surface area contributed by atoms with E-state index in [-0.39, 0.29) is 18.2 Å². The highest BCUT2D eigenvalue weighted by Gasteiger charge is 2.38. The Morgan fingerprint density at radius 3 is 2.72 bits per heavy atom. The highest BCUT2D eigenvalue weighted by atomic mass is 32.1. The molecule has 2 saturated heterocycles. The number of nitrogens with one attached hydrogen (secondary N) is 1. The number of carbonyl (C=O) groups excluding carboxylic acids is 1. The number of nitrogens with zero attached hydrogens (tertiary/aromatic N) is 3. The zero-order valence-corrected chi connectivity index (χ0v) is 16.9. The molecule has 1 aromatic carbocycles. The van der Waals surface area contributed by atoms with Gasteiger partial charge in [0, 0.05) is 25.3 Å². The predicted molar refractivity (Wildman–Crippen MR) is 114 cm³/mol. The van der Waals surface area contributed by atoms with Crippen molar-refractivity contribution in [2.45, 2.75) is 25.0 Å². The quantitative estimate of drug-likeness (QED) is 0.757. The van der Waals surface area contributed by atoms with E-state index in [0.717, 1.165) is 37.4 Å². The molecule has 4 rings (SSSR count). The molecular formula is C21H24N4O3S. The van der Waals surface area contributed by atoms with Crippen LogP contribution in [0.2, 0.25) is 0 Å². The number of cyclic esters (lactones) is 1. The average Bonchev–Trinajstić information content (AvgIpc) is 3.14. The second kappa shape index (κ2) is 9.09. The molecule has 2 aliphatic heterocycles. The van der Waals surface area contributed by atoms with Gasteiger partial charge in [0.05, 0.1) is 18.4 Å². The number of para-hydroxylation sites is 1. The van der Waals surface area contributed by atoms with Crippen molar-refractivity contribution < 1.29 is 14.3 Å². The fraction of sp³-hybridized carbons (Fsp3) is 0.381. The summed E-state index contributed by atoms with van der Waals surface area (Å²) in [5.74, 6) is 0.782. The number of anilines is 1. The highest BCUT2D eigenvalue weighted by molar-refractivity contribution is 7.80. The van der Waals surface area contributed by atoms with E-state index in [9.17, 15) is 4.79 Å². The summed E-state index contributed by atoms with van der Waals surface area (Å²) in [4.78, 5) is 20.4. The number of ether oxygens (including phenoxy) is 2. The molecule has 3 heterocycles. The second-order valence-electron chi connectivity index (χ2n) is 7.17. The molecule has 29 heavy (non-hydrogen) atoms. The number of carbonyl (C=O) groups is 1. The number of piperidine rings is 1. The summed E-state index contributed by atoms with van der Waals surface area (Å²) in [6.45, 7) is 2.52. The van der Waals surface area contributed by atoms with Crippen LogP contribution in [-0.4, -0.2) is 64.4 Å². The van der Waals surface area contributed by atoms with Crippen LogP contribution < -0.4 is 10.1 Å². The van der Waals surface area contributed by atoms with E-state index < -0.39 is 0 Å². The molecule has 1 atom stereocenters. The average molecular weight is 413 g/mol. The Bertz CT molecular complexity index is 828. The first-order chi connectivity index (χ1) is 14.2. The van der Waals surface area contributed by atoms with Crippen molar-refractivity contribution in [3.8, 4) is 5.75 Å². The Morgan fingerprint density at radius 2 is 2.00 bits per heavy atom. The Morgan fingerprint density at radius 1 is 1.21 bits per heavy atom. The maximum absolute atomic E-state index is 12.3. The number of likely N-dealkylation sites (tertiary alicyclic amines) is 1. The molecular weight excluding hydrogens is 388 g/mol. The molecule has 0 spiro atoms. The lowest BCUT2D eigenvalue weighted by Crippen LogP contribution is -2.48. The molecule has 0 saturated carbocycles. The fourth-order valence-electron chi connectivity index (χ4n) is 3.65. The van der Waals surface area contributed by atoms with E-state index in [1.165, 1.54) is 0 Å². The Kier molecular flexibility index (Phi) is 6.09. The van der Waals surface area contributed by atoms with Gasteiger partial charge in [-0.25, -0.2) is 4.79 Å². The van der Waals surface area contributed by atoms with Crippen molar-refractivity contribution in [3.05, 3.63) is 54.9 Å². The first-order valence-corrected chi connectivity index (χ1v) is 10.2. The summed E-state index contributed by atoms with van der Waals surface area (Å²) in [6.07, 6.45) is 4.70. The number of hydrogen-bond donors (Lipinski definition) is 1. The number of hydrogen-bond acceptors (Lipinski definition) is 5. The minimum Gasteiger partial charge on any atom is -0.490 e. The summed E-state index contributed by atoms with van der Waals surface area (Å²) in [7, 11) is 0. The van der Waals surface area contributed by atoms with Crippen LogP contribution in [-0.2, 0) is 4.74 Å². The molecule has 7 nitrogen and oxygen atoms in total. The van der Waals surface area contributed by atoms with Crippen molar-refractivity contribution in [2.75, 3.05) is 31.6 Å². The lowest BCUT2D eigenvalue weighted by atomic mass is 10.0. The molecule has 2 aromatic rings. The molecule has 0 radical (unpaired) electrons. The van der Waals surface area contributed by atoms with Gasteiger partial charge in [0.15, 0.2) is 11.2 Å². The van der Waals surface area contributed by atoms with E-state index >= 15 is 0 Å². The van der Waals surface area contributed by atoms with Crippen molar-refractivity contribution >= 4 is 29.1 Å². The second-order valence-corrected chi connectivity index (χ2v) is 7.56. The maximum Gasteiger partial charge on any atom is 0.410 e. The summed E-state index contributed by atoms with van der Waals surface area (Å²) in [5.41, 5.74) is 0.879. The summed E-state index contributed by atoms with van der Waals surface area (Å²) in [5, 5.41) is 3.91. The van der Waals surface area contributed by atoms with Crippen LogP contribution in [0.3, 0.4) is 0 Å². The van der Waals surface area contributed by atoms with Crippen molar-refractivity contribution in [3.63, 3.8) is 0 Å². The number of aromatic nitrogens is 1. The molecule has 152 valence electrons. The van der Waals surface area contributed by atoms with E-state index in [1.807, 2.05) is 47.4 Å². The smallest absolute Gasteiger partial charge is 0.410 e. The SMILES string of the molecule is O=C1OC(COc2ccccc2)CN1C1CCN(C(=S)Nc2cccnc2)CC1. The van der Waals surface area contributed by atoms with Crippen molar-refractivity contribution in [1.29, 1.82) is 0 Å². The number of thiocarbonyl (C=S) groups is 1. The molecule has 1 unspecified atom stereocenters. The predicted octanol–water partition coefficient (Wildman–Crippen LogP) is 3.14. The van der Waals surface area contributed by atoms with Gasteiger partial charge in [-0.1, -0.05) is 18.2 Å². The maximum atomic E-state index is 12.3. The first kappa shape index (κ1) is 19.4. The van der Waals surface area contributed by atoms with E-state index in [2.05, 4.69) is 15.2 Å². The summed E-state index contributed by atoms with van der Waals surface area (Å²) >= 11 is 5.52. The van der Waals surface area contributed by atoms with Gasteiger partial charge < -0.3 is 24.6 Å². The summed E-state index contributed by atoms with van der Waals surface area (Å²) in [6, 6.07) is 13.5. The third-order valence-electron chi connectivity index (χ3n) is 5.19. The Balaban J connectivity index is 1.24. The Hall–Kier alpha value is -2.87. The van der Waals surface area contributed by atoms with Crippen molar-refractivity contribution in [2.24, 2.45) is 0 Å². The standard InChI is InChI=1S/C21H24N4O3S/c26-21-25(14-19(28-21)15-27-18-6-2-1-3-7-18)17-8-11-24(12-9-17)20(29)23-16-5-4-10-22-13-16/h1-7,10,13,17,19H,8-9,11-12,14-15H2,(H,23,29). The van der Waals surface area contributed by atoms with Crippen LogP contribution in [0.25, 0.3) is 0 Å². The lowest BCUT2D eigenvalue weighted by molar-refractivity contribution is 0.0997. The van der Waals surface area contributed by atoms with Gasteiger partial charge in [0.1, 0.15) is 12.4 Å². The molecule has 1 amide bonds. The van der Waals surface area contributed by atoms with Gasteiger partial charge in [-0.2, -0.15) is 0 Å². The van der Waals surface area contributed by atoms with E-state index in [0.29, 0.717) is 18.3 Å². The van der Waals surface area contributed by atoms with Crippen LogP contribution in [0.1, 0.15) is 12.8 Å². The topological polar surface area (TPSA) is 66.9 Å². The molecule has 0 bridgehead atoms. The molecule has 2 aliphatic rings. The largest absolute Gasteiger partial charge is 0.490 e. The Labute approximate surface area is 175 Å². The van der Waals surface area contributed by atoms with Gasteiger partial charge in [0.25, 0.3) is 0 Å². The molecule has 2 fully saturated rings. The zero-order valence-electron chi connectivity index (χ0n) is 16.1. The number of rotatable bonds is 5. The molecule has 0 aliphatic carbocycles. The minimum atomic E-state index is -0.249. The number of amides is 1. The van der Waals surface area contributed by atoms with Gasteiger partial charge in [-0.3, -0.25) is 4.98 Å². The first-order valence-electron chi connectivity index (χ1n) is 9.80. The van der Waals surface area contributed by atoms with E-state index in [1.54, 1.807) is 12.4 Å². The van der Waals surface area contributed by atoms with Crippen LogP contribution in [0.4, 0.5) is 10.5 Å². The van der Waals surface area contributed by atoms with Crippen LogP contribution in [0.15, 0.2) is 54.9 Å². The van der Waals surface area contributed by atoms with Crippen molar-refractivity contribution in [1.82, 2.24) is 14.8 Å². The monoisotopic (exact) mass is 412 g/mol. The highest BCUT2D eigenvalue weighted by Crippen LogP contribution is 2.23. The third kappa shape index (κ3) is 4.95. The molecule has 1 aromatic heterocycles. The summed E-state index contributed by atoms with van der Waals surface area (Å²) < 4.78 is 11.2. The van der Waals surface area contributed by atoms with Crippen LogP contribution in [0.5, 0.6) is 5.75 Å². The van der Waals surface area contributed by atoms with Gasteiger partial charge >= 0.3 is 6.09 Å². The fourth-order valence-corrected chi connectivity index (χ4v) is 3.95. The number of benzene rings is 1. The van der Waals surface area contributed by atoms with Crippen LogP contribution >= 0.6 is 12.2 Å². The van der Waals surface area contributed by atoms with Gasteiger partial charge in [-0.15, -0.1) is 0 Å².